The van der Waals surface area contributed by atoms with Crippen LogP contribution in [0.1, 0.15) is 15.9 Å². The van der Waals surface area contributed by atoms with E-state index in [-0.39, 0.29) is 24.1 Å². The highest BCUT2D eigenvalue weighted by atomic mass is 32.2. The van der Waals surface area contributed by atoms with E-state index >= 15 is 0 Å². The van der Waals surface area contributed by atoms with Crippen molar-refractivity contribution in [2.75, 3.05) is 19.4 Å². The summed E-state index contributed by atoms with van der Waals surface area (Å²) in [5.74, 6) is -0.522. The predicted molar refractivity (Wildman–Crippen MR) is 68.0 cm³/mol. The Bertz CT molecular complexity index is 424. The number of hydrogen-bond donors (Lipinski definition) is 1. The molecule has 0 aromatic heterocycles. The first kappa shape index (κ1) is 15.8. The van der Waals surface area contributed by atoms with Gasteiger partial charge in [-0.05, 0) is 23.4 Å². The summed E-state index contributed by atoms with van der Waals surface area (Å²) in [4.78, 5) is 11.5. The van der Waals surface area contributed by atoms with Crippen molar-refractivity contribution in [3.05, 3.63) is 35.4 Å². The molecular formula is C12H14F3NO2S. The molecule has 0 aliphatic heterocycles. The van der Waals surface area contributed by atoms with E-state index in [1.807, 2.05) is 0 Å². The zero-order chi connectivity index (χ0) is 14.3. The first-order valence-electron chi connectivity index (χ1n) is 5.51. The molecule has 1 N–H and O–H groups in total. The minimum atomic E-state index is -4.20. The molecule has 0 saturated heterocycles. The van der Waals surface area contributed by atoms with Gasteiger partial charge in [0.05, 0.1) is 12.7 Å². The number of alkyl halides is 3. The lowest BCUT2D eigenvalue weighted by Crippen LogP contribution is -2.20. The lowest BCUT2D eigenvalue weighted by atomic mass is 10.1. The highest BCUT2D eigenvalue weighted by Crippen LogP contribution is 2.29. The predicted octanol–water partition coefficient (Wildman–Crippen LogP) is 2.82. The largest absolute Gasteiger partial charge is 0.465 e. The summed E-state index contributed by atoms with van der Waals surface area (Å²) in [6, 6.07) is 6.81. The first-order valence-corrected chi connectivity index (χ1v) is 6.50. The van der Waals surface area contributed by atoms with E-state index < -0.39 is 11.5 Å². The Labute approximate surface area is 113 Å². The van der Waals surface area contributed by atoms with Crippen molar-refractivity contribution < 1.29 is 22.7 Å². The SMILES string of the molecule is COC(=O)c1ccccc1CNCCSC(F)(F)F. The molecule has 0 aliphatic carbocycles. The molecule has 0 heterocycles. The second-order valence-electron chi connectivity index (χ2n) is 3.62. The maximum absolute atomic E-state index is 11.9. The number of thioether (sulfide) groups is 1. The van der Waals surface area contributed by atoms with Gasteiger partial charge >= 0.3 is 11.5 Å². The maximum Gasteiger partial charge on any atom is 0.441 e. The fraction of sp³-hybridized carbons (Fsp3) is 0.417. The van der Waals surface area contributed by atoms with E-state index in [9.17, 15) is 18.0 Å². The molecule has 0 saturated carbocycles. The Hall–Kier alpha value is -1.21. The maximum atomic E-state index is 11.9. The van der Waals surface area contributed by atoms with Crippen molar-refractivity contribution in [2.24, 2.45) is 0 Å². The molecule has 106 valence electrons. The van der Waals surface area contributed by atoms with Gasteiger partial charge in [-0.2, -0.15) is 13.2 Å². The number of esters is 1. The van der Waals surface area contributed by atoms with Gasteiger partial charge in [-0.15, -0.1) is 0 Å². The summed E-state index contributed by atoms with van der Waals surface area (Å²) in [6.45, 7) is 0.531. The number of carbonyl (C=O) groups excluding carboxylic acids is 1. The number of carbonyl (C=O) groups is 1. The van der Waals surface area contributed by atoms with Gasteiger partial charge in [-0.1, -0.05) is 18.2 Å². The summed E-state index contributed by atoms with van der Waals surface area (Å²) in [6.07, 6.45) is 0. The standard InChI is InChI=1S/C12H14F3NO2S/c1-18-11(17)10-5-3-2-4-9(10)8-16-6-7-19-12(13,14)15/h2-5,16H,6-8H2,1H3. The van der Waals surface area contributed by atoms with Crippen molar-refractivity contribution in [3.63, 3.8) is 0 Å². The molecule has 0 bridgehead atoms. The third-order valence-electron chi connectivity index (χ3n) is 2.28. The van der Waals surface area contributed by atoms with E-state index in [0.717, 1.165) is 0 Å². The lowest BCUT2D eigenvalue weighted by Gasteiger charge is -2.09. The van der Waals surface area contributed by atoms with E-state index in [1.165, 1.54) is 7.11 Å². The van der Waals surface area contributed by atoms with Crippen molar-refractivity contribution in [3.8, 4) is 0 Å². The summed E-state index contributed by atoms with van der Waals surface area (Å²) < 4.78 is 40.3. The molecular weight excluding hydrogens is 279 g/mol. The zero-order valence-corrected chi connectivity index (χ0v) is 11.1. The van der Waals surface area contributed by atoms with E-state index in [0.29, 0.717) is 17.7 Å². The number of hydrogen-bond acceptors (Lipinski definition) is 4. The average molecular weight is 293 g/mol. The first-order chi connectivity index (χ1) is 8.94. The van der Waals surface area contributed by atoms with E-state index in [2.05, 4.69) is 10.1 Å². The van der Waals surface area contributed by atoms with Gasteiger partial charge < -0.3 is 10.1 Å². The molecule has 0 amide bonds. The van der Waals surface area contributed by atoms with Gasteiger partial charge in [0, 0.05) is 18.8 Å². The van der Waals surface area contributed by atoms with Crippen LogP contribution in [0.4, 0.5) is 13.2 Å². The van der Waals surface area contributed by atoms with Gasteiger partial charge in [0.25, 0.3) is 0 Å². The number of nitrogens with one attached hydrogen (secondary N) is 1. The van der Waals surface area contributed by atoms with Gasteiger partial charge in [-0.25, -0.2) is 4.79 Å². The second kappa shape index (κ2) is 7.40. The van der Waals surface area contributed by atoms with Crippen LogP contribution in [0.5, 0.6) is 0 Å². The minimum absolute atomic E-state index is 0.0656. The number of benzene rings is 1. The summed E-state index contributed by atoms with van der Waals surface area (Å²) >= 11 is -0.0704. The van der Waals surface area contributed by atoms with Crippen LogP contribution in [0.25, 0.3) is 0 Å². The van der Waals surface area contributed by atoms with Crippen molar-refractivity contribution >= 4 is 17.7 Å². The van der Waals surface area contributed by atoms with Crippen LogP contribution in [0.2, 0.25) is 0 Å². The van der Waals surface area contributed by atoms with E-state index in [1.54, 1.807) is 24.3 Å². The molecule has 19 heavy (non-hydrogen) atoms. The van der Waals surface area contributed by atoms with Crippen molar-refractivity contribution in [1.82, 2.24) is 5.32 Å². The van der Waals surface area contributed by atoms with Gasteiger partial charge in [0.1, 0.15) is 0 Å². The molecule has 1 aromatic carbocycles. The normalized spacial score (nSPS) is 11.4. The zero-order valence-electron chi connectivity index (χ0n) is 10.3. The summed E-state index contributed by atoms with van der Waals surface area (Å²) in [5, 5.41) is 2.87. The Morgan fingerprint density at radius 3 is 2.68 bits per heavy atom. The molecule has 0 radical (unpaired) electrons. The van der Waals surface area contributed by atoms with Crippen molar-refractivity contribution in [2.45, 2.75) is 12.1 Å². The number of halogens is 3. The van der Waals surface area contributed by atoms with Crippen LogP contribution in [-0.4, -0.2) is 30.9 Å². The second-order valence-corrected chi connectivity index (χ2v) is 4.78. The summed E-state index contributed by atoms with van der Waals surface area (Å²) in [7, 11) is 1.28. The fourth-order valence-electron chi connectivity index (χ4n) is 1.45. The minimum Gasteiger partial charge on any atom is -0.465 e. The average Bonchev–Trinajstić information content (AvgIpc) is 2.36. The Morgan fingerprint density at radius 1 is 1.37 bits per heavy atom. The summed E-state index contributed by atoms with van der Waals surface area (Å²) in [5.41, 5.74) is -3.08. The Morgan fingerprint density at radius 2 is 2.05 bits per heavy atom. The third-order valence-corrected chi connectivity index (χ3v) is 3.02. The smallest absolute Gasteiger partial charge is 0.441 e. The monoisotopic (exact) mass is 293 g/mol. The van der Waals surface area contributed by atoms with Crippen LogP contribution in [-0.2, 0) is 11.3 Å². The van der Waals surface area contributed by atoms with Crippen molar-refractivity contribution in [1.29, 1.82) is 0 Å². The highest BCUT2D eigenvalue weighted by molar-refractivity contribution is 8.00. The van der Waals surface area contributed by atoms with E-state index in [4.69, 9.17) is 0 Å². The van der Waals surface area contributed by atoms with Gasteiger partial charge in [-0.3, -0.25) is 0 Å². The molecule has 0 fully saturated rings. The quantitative estimate of drug-likeness (QED) is 0.646. The fourth-order valence-corrected chi connectivity index (χ4v) is 1.92. The molecule has 0 aliphatic rings. The topological polar surface area (TPSA) is 38.3 Å². The van der Waals surface area contributed by atoms with Gasteiger partial charge in [0.15, 0.2) is 0 Å². The molecule has 0 atom stereocenters. The molecule has 3 nitrogen and oxygen atoms in total. The molecule has 7 heteroatoms. The van der Waals surface area contributed by atoms with Crippen LogP contribution < -0.4 is 5.32 Å². The third kappa shape index (κ3) is 5.98. The van der Waals surface area contributed by atoms with Crippen LogP contribution in [0.15, 0.2) is 24.3 Å². The Kier molecular flexibility index (Phi) is 6.17. The highest BCUT2D eigenvalue weighted by Gasteiger charge is 2.27. The number of ether oxygens (including phenoxy) is 1. The van der Waals surface area contributed by atoms with Crippen LogP contribution in [0, 0.1) is 0 Å². The van der Waals surface area contributed by atoms with Crippen LogP contribution in [0.3, 0.4) is 0 Å². The van der Waals surface area contributed by atoms with Gasteiger partial charge in [0.2, 0.25) is 0 Å². The number of methoxy groups -OCH3 is 1. The van der Waals surface area contributed by atoms with Crippen LogP contribution >= 0.6 is 11.8 Å². The molecule has 1 aromatic rings. The molecule has 1 rings (SSSR count). The Balaban J connectivity index is 2.43. The lowest BCUT2D eigenvalue weighted by molar-refractivity contribution is -0.0327. The molecule has 0 unspecified atom stereocenters. The molecule has 0 spiro atoms. The number of rotatable bonds is 6.